The zero-order valence-corrected chi connectivity index (χ0v) is 14.4. The molecule has 0 aliphatic heterocycles. The van der Waals surface area contributed by atoms with Crippen LogP contribution in [0, 0.1) is 10.1 Å². The fourth-order valence-electron chi connectivity index (χ4n) is 2.59. The van der Waals surface area contributed by atoms with Crippen molar-refractivity contribution in [2.24, 2.45) is 0 Å². The van der Waals surface area contributed by atoms with Gasteiger partial charge in [0.05, 0.1) is 4.92 Å². The third kappa shape index (κ3) is 4.91. The van der Waals surface area contributed by atoms with Gasteiger partial charge in [-0.25, -0.2) is 0 Å². The minimum absolute atomic E-state index is 0.0972. The normalized spacial score (nSPS) is 10.6. The lowest BCUT2D eigenvalue weighted by Gasteiger charge is -2.21. The maximum Gasteiger partial charge on any atom is 0.269 e. The van der Waals surface area contributed by atoms with Gasteiger partial charge in [-0.1, -0.05) is 30.4 Å². The van der Waals surface area contributed by atoms with Crippen LogP contribution in [0.15, 0.2) is 67.8 Å². The molecule has 0 bridgehead atoms. The maximum absolute atomic E-state index is 10.7. The van der Waals surface area contributed by atoms with Gasteiger partial charge in [-0.05, 0) is 47.4 Å². The molecule has 128 valence electrons. The maximum atomic E-state index is 10.7. The van der Waals surface area contributed by atoms with Gasteiger partial charge in [0.25, 0.3) is 5.69 Å². The van der Waals surface area contributed by atoms with E-state index >= 15 is 0 Å². The van der Waals surface area contributed by atoms with Crippen molar-refractivity contribution in [3.05, 3.63) is 94.6 Å². The first-order valence-electron chi connectivity index (χ1n) is 8.03. The van der Waals surface area contributed by atoms with Crippen LogP contribution >= 0.6 is 0 Å². The Morgan fingerprint density at radius 3 is 2.28 bits per heavy atom. The summed E-state index contributed by atoms with van der Waals surface area (Å²) in [5.74, 6) is 0. The van der Waals surface area contributed by atoms with Crippen LogP contribution in [0.1, 0.15) is 16.7 Å². The lowest BCUT2D eigenvalue weighted by molar-refractivity contribution is -0.384. The van der Waals surface area contributed by atoms with E-state index in [4.69, 9.17) is 0 Å². The summed E-state index contributed by atoms with van der Waals surface area (Å²) in [6.45, 7) is 8.40. The van der Waals surface area contributed by atoms with Gasteiger partial charge in [-0.15, -0.1) is 13.2 Å². The van der Waals surface area contributed by atoms with Crippen molar-refractivity contribution in [3.63, 3.8) is 0 Å². The second-order valence-electron chi connectivity index (χ2n) is 5.73. The zero-order chi connectivity index (χ0) is 18.2. The van der Waals surface area contributed by atoms with Gasteiger partial charge in [0.2, 0.25) is 0 Å². The van der Waals surface area contributed by atoms with Crippen LogP contribution in [0.4, 0.5) is 11.4 Å². The van der Waals surface area contributed by atoms with E-state index in [1.54, 1.807) is 12.1 Å². The predicted octanol–water partition coefficient (Wildman–Crippen LogP) is 5.12. The topological polar surface area (TPSA) is 46.4 Å². The van der Waals surface area contributed by atoms with E-state index in [0.29, 0.717) is 0 Å². The van der Waals surface area contributed by atoms with Gasteiger partial charge in [0.1, 0.15) is 0 Å². The molecule has 2 aromatic rings. The van der Waals surface area contributed by atoms with Crippen LogP contribution in [-0.2, 0) is 6.42 Å². The van der Waals surface area contributed by atoms with Crippen LogP contribution in [0.25, 0.3) is 12.2 Å². The monoisotopic (exact) mass is 334 g/mol. The first-order chi connectivity index (χ1) is 12.0. The Balaban J connectivity index is 2.23. The molecule has 0 aromatic heterocycles. The van der Waals surface area contributed by atoms with Crippen molar-refractivity contribution < 1.29 is 4.92 Å². The highest BCUT2D eigenvalue weighted by Crippen LogP contribution is 2.23. The fourth-order valence-corrected chi connectivity index (χ4v) is 2.59. The van der Waals surface area contributed by atoms with E-state index in [-0.39, 0.29) is 5.69 Å². The molecule has 0 aliphatic rings. The standard InChI is InChI=1S/C21H22N2O2/c1-4-6-19-16-18(11-14-21(19)22(3)15-5-2)8-7-17-9-12-20(13-10-17)23(24)25/h4-5,7-14,16H,1-2,6,15H2,3H3. The predicted molar refractivity (Wildman–Crippen MR) is 106 cm³/mol. The number of hydrogen-bond donors (Lipinski definition) is 0. The number of hydrogen-bond acceptors (Lipinski definition) is 3. The molecule has 4 nitrogen and oxygen atoms in total. The molecule has 0 heterocycles. The molecule has 0 atom stereocenters. The van der Waals surface area contributed by atoms with E-state index in [0.717, 1.165) is 29.8 Å². The zero-order valence-electron chi connectivity index (χ0n) is 14.4. The molecular formula is C21H22N2O2. The van der Waals surface area contributed by atoms with Crippen LogP contribution < -0.4 is 4.90 Å². The summed E-state index contributed by atoms with van der Waals surface area (Å²) in [6.07, 6.45) is 8.51. The van der Waals surface area contributed by atoms with Crippen molar-refractivity contribution in [2.75, 3.05) is 18.5 Å². The van der Waals surface area contributed by atoms with Crippen molar-refractivity contribution >= 4 is 23.5 Å². The summed E-state index contributed by atoms with van der Waals surface area (Å²) >= 11 is 0. The van der Waals surface area contributed by atoms with Gasteiger partial charge >= 0.3 is 0 Å². The summed E-state index contributed by atoms with van der Waals surface area (Å²) in [5.41, 5.74) is 4.45. The SMILES string of the molecule is C=CCc1cc(C=Cc2ccc([N+](=O)[O-])cc2)ccc1N(C)CC=C. The average molecular weight is 334 g/mol. The Morgan fingerprint density at radius 1 is 1.04 bits per heavy atom. The van der Waals surface area contributed by atoms with Crippen molar-refractivity contribution in [3.8, 4) is 0 Å². The summed E-state index contributed by atoms with van der Waals surface area (Å²) in [5, 5.41) is 10.7. The number of nitrogens with zero attached hydrogens (tertiary/aromatic N) is 2. The largest absolute Gasteiger partial charge is 0.371 e. The average Bonchev–Trinajstić information content (AvgIpc) is 2.61. The molecule has 0 aliphatic carbocycles. The van der Waals surface area contributed by atoms with E-state index < -0.39 is 4.92 Å². The summed E-state index contributed by atoms with van der Waals surface area (Å²) in [7, 11) is 2.04. The summed E-state index contributed by atoms with van der Waals surface area (Å²) < 4.78 is 0. The molecule has 0 radical (unpaired) electrons. The van der Waals surface area contributed by atoms with Crippen LogP contribution in [0.3, 0.4) is 0 Å². The number of nitro groups is 1. The highest BCUT2D eigenvalue weighted by Gasteiger charge is 2.06. The molecular weight excluding hydrogens is 312 g/mol. The molecule has 0 spiro atoms. The quantitative estimate of drug-likeness (QED) is 0.291. The number of likely N-dealkylation sites (N-methyl/N-ethyl adjacent to an activating group) is 1. The molecule has 25 heavy (non-hydrogen) atoms. The van der Waals surface area contributed by atoms with Crippen molar-refractivity contribution in [1.82, 2.24) is 0 Å². The fraction of sp³-hybridized carbons (Fsp3) is 0.143. The molecule has 0 unspecified atom stereocenters. The summed E-state index contributed by atoms with van der Waals surface area (Å²) in [6, 6.07) is 12.8. The smallest absolute Gasteiger partial charge is 0.269 e. The molecule has 4 heteroatoms. The Morgan fingerprint density at radius 2 is 1.68 bits per heavy atom. The number of anilines is 1. The number of allylic oxidation sites excluding steroid dienone is 1. The highest BCUT2D eigenvalue weighted by atomic mass is 16.6. The number of rotatable bonds is 8. The first kappa shape index (κ1) is 18.2. The van der Waals surface area contributed by atoms with E-state index in [1.165, 1.54) is 17.7 Å². The second kappa shape index (κ2) is 8.64. The van der Waals surface area contributed by atoms with Crippen LogP contribution in [0.2, 0.25) is 0 Å². The number of nitro benzene ring substituents is 1. The van der Waals surface area contributed by atoms with E-state index in [9.17, 15) is 10.1 Å². The Kier molecular flexibility index (Phi) is 6.29. The van der Waals surface area contributed by atoms with Crippen LogP contribution in [0.5, 0.6) is 0 Å². The molecule has 2 rings (SSSR count). The second-order valence-corrected chi connectivity index (χ2v) is 5.73. The minimum Gasteiger partial charge on any atom is -0.371 e. The lowest BCUT2D eigenvalue weighted by atomic mass is 10.0. The lowest BCUT2D eigenvalue weighted by Crippen LogP contribution is -2.18. The molecule has 0 fully saturated rings. The number of benzene rings is 2. The minimum atomic E-state index is -0.395. The Bertz CT molecular complexity index is 792. The Hall–Kier alpha value is -3.14. The van der Waals surface area contributed by atoms with Crippen molar-refractivity contribution in [1.29, 1.82) is 0 Å². The number of non-ortho nitro benzene ring substituents is 1. The third-order valence-electron chi connectivity index (χ3n) is 3.85. The summed E-state index contributed by atoms with van der Waals surface area (Å²) in [4.78, 5) is 12.4. The van der Waals surface area contributed by atoms with Crippen molar-refractivity contribution in [2.45, 2.75) is 6.42 Å². The first-order valence-corrected chi connectivity index (χ1v) is 8.03. The van der Waals surface area contributed by atoms with Gasteiger partial charge in [0.15, 0.2) is 0 Å². The Labute approximate surface area is 148 Å². The molecule has 0 N–H and O–H groups in total. The molecule has 0 amide bonds. The molecule has 2 aromatic carbocycles. The molecule has 0 saturated heterocycles. The van der Waals surface area contributed by atoms with E-state index in [2.05, 4.69) is 36.3 Å². The van der Waals surface area contributed by atoms with Gasteiger partial charge in [-0.3, -0.25) is 10.1 Å². The van der Waals surface area contributed by atoms with Gasteiger partial charge in [0, 0.05) is 31.4 Å². The van der Waals surface area contributed by atoms with Gasteiger partial charge < -0.3 is 4.90 Å². The third-order valence-corrected chi connectivity index (χ3v) is 3.85. The highest BCUT2D eigenvalue weighted by molar-refractivity contribution is 5.72. The molecule has 0 saturated carbocycles. The van der Waals surface area contributed by atoms with Crippen LogP contribution in [-0.4, -0.2) is 18.5 Å². The van der Waals surface area contributed by atoms with Gasteiger partial charge in [-0.2, -0.15) is 0 Å². The van der Waals surface area contributed by atoms with E-state index in [1.807, 2.05) is 31.4 Å².